The van der Waals surface area contributed by atoms with Gasteiger partial charge >= 0.3 is 0 Å². The summed E-state index contributed by atoms with van der Waals surface area (Å²) in [5, 5.41) is 6.62. The zero-order valence-corrected chi connectivity index (χ0v) is 22.0. The van der Waals surface area contributed by atoms with Gasteiger partial charge in [-0.1, -0.05) is 13.3 Å². The number of allylic oxidation sites excluding steroid dienone is 1. The SMILES string of the molecule is CCCC(N)C(N=CC1=C(OCC)CCC(NC2CCC(C(N)=O)CC2)C1)C(=NC)C(=O)NCC. The van der Waals surface area contributed by atoms with Crippen LogP contribution in [-0.4, -0.2) is 68.1 Å². The van der Waals surface area contributed by atoms with Gasteiger partial charge in [0.25, 0.3) is 5.91 Å². The van der Waals surface area contributed by atoms with E-state index in [-0.39, 0.29) is 23.8 Å². The Morgan fingerprint density at radius 2 is 1.86 bits per heavy atom. The Hall–Kier alpha value is -2.26. The Balaban J connectivity index is 2.17. The highest BCUT2D eigenvalue weighted by Crippen LogP contribution is 2.29. The fourth-order valence-corrected chi connectivity index (χ4v) is 5.10. The van der Waals surface area contributed by atoms with Crippen LogP contribution in [0.3, 0.4) is 0 Å². The molecule has 0 radical (unpaired) electrons. The Labute approximate surface area is 210 Å². The molecule has 2 aliphatic carbocycles. The molecular formula is C26H46N6O3. The topological polar surface area (TPSA) is 144 Å². The van der Waals surface area contributed by atoms with Crippen LogP contribution < -0.4 is 22.1 Å². The second kappa shape index (κ2) is 15.0. The van der Waals surface area contributed by atoms with Crippen molar-refractivity contribution in [3.05, 3.63) is 11.3 Å². The maximum Gasteiger partial charge on any atom is 0.267 e. The Kier molecular flexibility index (Phi) is 12.4. The standard InChI is InChI=1S/C26H46N6O3/c1-5-8-21(27)23(24(29-4)26(34)30-6-2)31-16-18-15-20(13-14-22(18)35-7-3)32-19-11-9-17(10-12-19)25(28)33/h16-17,19-21,23,32H,5-15,27H2,1-4H3,(H2,28,33)(H,30,34). The largest absolute Gasteiger partial charge is 0.498 e. The van der Waals surface area contributed by atoms with Crippen molar-refractivity contribution in [2.75, 3.05) is 20.2 Å². The summed E-state index contributed by atoms with van der Waals surface area (Å²) in [6.45, 7) is 7.05. The minimum atomic E-state index is -0.515. The number of carbonyl (C=O) groups is 2. The lowest BCUT2D eigenvalue weighted by atomic mass is 9.84. The summed E-state index contributed by atoms with van der Waals surface area (Å²) in [4.78, 5) is 33.2. The van der Waals surface area contributed by atoms with E-state index >= 15 is 0 Å². The lowest BCUT2D eigenvalue weighted by molar-refractivity contribution is -0.122. The zero-order valence-electron chi connectivity index (χ0n) is 22.0. The predicted molar refractivity (Wildman–Crippen MR) is 142 cm³/mol. The summed E-state index contributed by atoms with van der Waals surface area (Å²) in [6, 6.07) is -0.114. The Bertz CT molecular complexity index is 786. The molecule has 1 fully saturated rings. The number of primary amides is 1. The molecule has 35 heavy (non-hydrogen) atoms. The van der Waals surface area contributed by atoms with Gasteiger partial charge in [0, 0.05) is 55.8 Å². The molecule has 3 atom stereocenters. The van der Waals surface area contributed by atoms with Crippen molar-refractivity contribution in [2.45, 2.75) is 103 Å². The van der Waals surface area contributed by atoms with Crippen molar-refractivity contribution in [2.24, 2.45) is 27.4 Å². The Morgan fingerprint density at radius 1 is 1.14 bits per heavy atom. The number of aliphatic imine (C=N–C) groups is 2. The summed E-state index contributed by atoms with van der Waals surface area (Å²) >= 11 is 0. The third-order valence-corrected chi connectivity index (χ3v) is 6.97. The predicted octanol–water partition coefficient (Wildman–Crippen LogP) is 2.24. The van der Waals surface area contributed by atoms with Crippen LogP contribution in [0.25, 0.3) is 0 Å². The van der Waals surface area contributed by atoms with Gasteiger partial charge in [-0.3, -0.25) is 19.6 Å². The Morgan fingerprint density at radius 3 is 2.43 bits per heavy atom. The number of nitrogens with zero attached hydrogens (tertiary/aromatic N) is 2. The molecule has 9 nitrogen and oxygen atoms in total. The monoisotopic (exact) mass is 490 g/mol. The molecular weight excluding hydrogens is 444 g/mol. The first-order chi connectivity index (χ1) is 16.8. The van der Waals surface area contributed by atoms with Gasteiger partial charge in [0.15, 0.2) is 0 Å². The van der Waals surface area contributed by atoms with Crippen LogP contribution in [0.5, 0.6) is 0 Å². The van der Waals surface area contributed by atoms with Gasteiger partial charge in [-0.05, 0) is 58.8 Å². The average Bonchev–Trinajstić information content (AvgIpc) is 2.83. The number of carbonyl (C=O) groups excluding carboxylic acids is 2. The molecule has 0 saturated heterocycles. The number of ether oxygens (including phenoxy) is 1. The minimum Gasteiger partial charge on any atom is -0.498 e. The van der Waals surface area contributed by atoms with Crippen LogP contribution in [-0.2, 0) is 14.3 Å². The van der Waals surface area contributed by atoms with E-state index in [0.29, 0.717) is 30.9 Å². The van der Waals surface area contributed by atoms with Gasteiger partial charge in [-0.2, -0.15) is 0 Å². The molecule has 1 saturated carbocycles. The van der Waals surface area contributed by atoms with E-state index in [0.717, 1.165) is 69.1 Å². The molecule has 0 aromatic rings. The number of amides is 2. The molecule has 0 aliphatic heterocycles. The van der Waals surface area contributed by atoms with Crippen molar-refractivity contribution in [3.8, 4) is 0 Å². The highest BCUT2D eigenvalue weighted by atomic mass is 16.5. The first-order valence-corrected chi connectivity index (χ1v) is 13.3. The fourth-order valence-electron chi connectivity index (χ4n) is 5.10. The van der Waals surface area contributed by atoms with E-state index in [4.69, 9.17) is 21.2 Å². The summed E-state index contributed by atoms with van der Waals surface area (Å²) < 4.78 is 5.96. The molecule has 0 aromatic heterocycles. The molecule has 2 rings (SSSR count). The van der Waals surface area contributed by atoms with Crippen LogP contribution in [0.4, 0.5) is 0 Å². The molecule has 9 heteroatoms. The van der Waals surface area contributed by atoms with Crippen LogP contribution in [0, 0.1) is 5.92 Å². The average molecular weight is 491 g/mol. The van der Waals surface area contributed by atoms with Gasteiger partial charge < -0.3 is 26.8 Å². The van der Waals surface area contributed by atoms with Gasteiger partial charge in [-0.15, -0.1) is 0 Å². The van der Waals surface area contributed by atoms with Gasteiger partial charge in [0.05, 0.1) is 6.61 Å². The van der Waals surface area contributed by atoms with Crippen molar-refractivity contribution < 1.29 is 14.3 Å². The quantitative estimate of drug-likeness (QED) is 0.293. The van der Waals surface area contributed by atoms with E-state index < -0.39 is 6.04 Å². The highest BCUT2D eigenvalue weighted by molar-refractivity contribution is 6.41. The van der Waals surface area contributed by atoms with E-state index in [1.807, 2.05) is 20.1 Å². The lowest BCUT2D eigenvalue weighted by Crippen LogP contribution is -2.46. The van der Waals surface area contributed by atoms with E-state index in [1.165, 1.54) is 0 Å². The van der Waals surface area contributed by atoms with E-state index in [1.54, 1.807) is 7.05 Å². The molecule has 0 aromatic carbocycles. The third kappa shape index (κ3) is 8.72. The van der Waals surface area contributed by atoms with Crippen LogP contribution >= 0.6 is 0 Å². The molecule has 6 N–H and O–H groups in total. The molecule has 2 amide bonds. The lowest BCUT2D eigenvalue weighted by Gasteiger charge is -2.33. The van der Waals surface area contributed by atoms with Gasteiger partial charge in [0.2, 0.25) is 5.91 Å². The van der Waals surface area contributed by atoms with Crippen molar-refractivity contribution >= 4 is 23.7 Å². The van der Waals surface area contributed by atoms with Crippen LogP contribution in [0.2, 0.25) is 0 Å². The van der Waals surface area contributed by atoms with Crippen molar-refractivity contribution in [1.29, 1.82) is 0 Å². The maximum absolute atomic E-state index is 12.6. The molecule has 0 spiro atoms. The molecule has 0 heterocycles. The zero-order chi connectivity index (χ0) is 25.8. The van der Waals surface area contributed by atoms with Crippen LogP contribution in [0.15, 0.2) is 21.3 Å². The minimum absolute atomic E-state index is 0.00940. The first-order valence-electron chi connectivity index (χ1n) is 13.3. The molecule has 2 aliphatic rings. The molecule has 0 bridgehead atoms. The number of rotatable bonds is 13. The smallest absolute Gasteiger partial charge is 0.267 e. The molecule has 198 valence electrons. The summed E-state index contributed by atoms with van der Waals surface area (Å²) in [6.07, 6.45) is 9.75. The van der Waals surface area contributed by atoms with E-state index in [2.05, 4.69) is 22.5 Å². The maximum atomic E-state index is 12.6. The van der Waals surface area contributed by atoms with Crippen molar-refractivity contribution in [1.82, 2.24) is 10.6 Å². The summed E-state index contributed by atoms with van der Waals surface area (Å²) in [5.41, 5.74) is 13.4. The number of nitrogens with one attached hydrogen (secondary N) is 2. The van der Waals surface area contributed by atoms with Gasteiger partial charge in [0.1, 0.15) is 17.5 Å². The normalized spacial score (nSPS) is 25.4. The second-order valence-corrected chi connectivity index (χ2v) is 9.58. The fraction of sp³-hybridized carbons (Fsp3) is 0.769. The van der Waals surface area contributed by atoms with Crippen LogP contribution in [0.1, 0.15) is 78.6 Å². The summed E-state index contributed by atoms with van der Waals surface area (Å²) in [5.74, 6) is 0.567. The number of hydrogen-bond acceptors (Lipinski definition) is 7. The summed E-state index contributed by atoms with van der Waals surface area (Å²) in [7, 11) is 1.62. The van der Waals surface area contributed by atoms with Crippen molar-refractivity contribution in [3.63, 3.8) is 0 Å². The highest BCUT2D eigenvalue weighted by Gasteiger charge is 2.30. The number of nitrogens with two attached hydrogens (primary N) is 2. The van der Waals surface area contributed by atoms with Gasteiger partial charge in [-0.25, -0.2) is 0 Å². The first kappa shape index (κ1) is 29.0. The molecule has 3 unspecified atom stereocenters. The number of hydrogen-bond donors (Lipinski definition) is 4. The second-order valence-electron chi connectivity index (χ2n) is 9.58. The third-order valence-electron chi connectivity index (χ3n) is 6.97. The van der Waals surface area contributed by atoms with E-state index in [9.17, 15) is 9.59 Å².